The van der Waals surface area contributed by atoms with Gasteiger partial charge in [-0.3, -0.25) is 0 Å². The van der Waals surface area contributed by atoms with Gasteiger partial charge in [-0.1, -0.05) is 34.4 Å². The van der Waals surface area contributed by atoms with Gasteiger partial charge in [0.1, 0.15) is 0 Å². The van der Waals surface area contributed by atoms with E-state index in [4.69, 9.17) is 5.48 Å². The van der Waals surface area contributed by atoms with Gasteiger partial charge in [0, 0.05) is 5.48 Å². The Hall–Kier alpha value is -0.780. The van der Waals surface area contributed by atoms with Gasteiger partial charge in [0.25, 0.3) is 0 Å². The first kappa shape index (κ1) is 7.49. The van der Waals surface area contributed by atoms with Crippen LogP contribution in [0.3, 0.4) is 0 Å². The van der Waals surface area contributed by atoms with Crippen LogP contribution in [0.25, 0.3) is 0 Å². The SMILES string of the molecule is [2H]C1([2H])/C=C(/C)CCC(=C(C)C)C/C=C(\C)C1([2H])[2H]. The molecule has 0 aliphatic heterocycles. The maximum atomic E-state index is 8.07. The first-order chi connectivity index (χ1) is 8.58. The van der Waals surface area contributed by atoms with Crippen molar-refractivity contribution in [3.8, 4) is 0 Å². The minimum Gasteiger partial charge on any atom is -0.0853 e. The van der Waals surface area contributed by atoms with Gasteiger partial charge in [0.15, 0.2) is 0 Å². The summed E-state index contributed by atoms with van der Waals surface area (Å²) in [4.78, 5) is 0. The molecule has 0 heterocycles. The molecule has 1 rings (SSSR count). The van der Waals surface area contributed by atoms with Gasteiger partial charge in [-0.15, -0.1) is 0 Å². The standard InChI is InChI=1S/C15H24/c1-12(2)15-10-8-13(3)6-5-7-14(4)9-11-15/h6,9H,5,7-8,10-11H2,1-4H3/b13-6-,14-9+/i5D2,7D2. The molecule has 0 bridgehead atoms. The first-order valence-corrected chi connectivity index (χ1v) is 5.58. The van der Waals surface area contributed by atoms with E-state index in [-0.39, 0.29) is 0 Å². The summed E-state index contributed by atoms with van der Waals surface area (Å²) in [5.74, 6) is 0. The monoisotopic (exact) mass is 208 g/mol. The molecule has 0 amide bonds. The zero-order valence-corrected chi connectivity index (χ0v) is 10.3. The Morgan fingerprint density at radius 2 is 1.87 bits per heavy atom. The fourth-order valence-corrected chi connectivity index (χ4v) is 1.58. The molecule has 1 aliphatic carbocycles. The van der Waals surface area contributed by atoms with Gasteiger partial charge in [0.05, 0.1) is 0 Å². The van der Waals surface area contributed by atoms with Crippen LogP contribution in [0.4, 0.5) is 0 Å². The van der Waals surface area contributed by atoms with E-state index in [2.05, 4.69) is 13.8 Å². The molecule has 0 spiro atoms. The Labute approximate surface area is 100 Å². The van der Waals surface area contributed by atoms with Crippen LogP contribution in [-0.4, -0.2) is 0 Å². The van der Waals surface area contributed by atoms with Gasteiger partial charge < -0.3 is 0 Å². The number of allylic oxidation sites excluding steroid dienone is 6. The van der Waals surface area contributed by atoms with Crippen molar-refractivity contribution < 1.29 is 5.48 Å². The predicted molar refractivity (Wildman–Crippen MR) is 69.0 cm³/mol. The van der Waals surface area contributed by atoms with Crippen LogP contribution in [-0.2, 0) is 0 Å². The lowest BCUT2D eigenvalue weighted by Gasteiger charge is -2.11. The molecule has 0 aromatic rings. The summed E-state index contributed by atoms with van der Waals surface area (Å²) in [7, 11) is 0. The molecule has 0 N–H and O–H groups in total. The molecule has 0 heteroatoms. The van der Waals surface area contributed by atoms with E-state index in [1.807, 2.05) is 13.0 Å². The van der Waals surface area contributed by atoms with E-state index in [0.29, 0.717) is 5.57 Å². The second-order valence-corrected chi connectivity index (χ2v) is 4.45. The van der Waals surface area contributed by atoms with Crippen molar-refractivity contribution >= 4 is 0 Å². The molecular formula is C15H24. The zero-order chi connectivity index (χ0) is 14.8. The Balaban J connectivity index is 3.27. The summed E-state index contributed by atoms with van der Waals surface area (Å²) in [6, 6.07) is 0. The van der Waals surface area contributed by atoms with Crippen LogP contribution in [0.2, 0.25) is 0 Å². The smallest absolute Gasteiger partial charge is 0.0316 e. The summed E-state index contributed by atoms with van der Waals surface area (Å²) in [6.07, 6.45) is 1.82. The lowest BCUT2D eigenvalue weighted by molar-refractivity contribution is 0.844. The van der Waals surface area contributed by atoms with Crippen LogP contribution in [0.5, 0.6) is 0 Å². The van der Waals surface area contributed by atoms with Crippen molar-refractivity contribution in [2.75, 3.05) is 0 Å². The van der Waals surface area contributed by atoms with Crippen molar-refractivity contribution in [3.05, 3.63) is 34.4 Å². The molecule has 0 aromatic carbocycles. The molecule has 15 heavy (non-hydrogen) atoms. The summed E-state index contributed by atoms with van der Waals surface area (Å²) >= 11 is 0. The predicted octanol–water partition coefficient (Wildman–Crippen LogP) is 5.18. The van der Waals surface area contributed by atoms with Crippen molar-refractivity contribution in [2.24, 2.45) is 0 Å². The summed E-state index contributed by atoms with van der Waals surface area (Å²) in [5, 5.41) is 0. The third-order valence-electron chi connectivity index (χ3n) is 2.77. The molecule has 1 aliphatic rings. The fraction of sp³-hybridized carbons (Fsp3) is 0.600. The highest BCUT2D eigenvalue weighted by molar-refractivity contribution is 5.18. The average Bonchev–Trinajstić information content (AvgIpc) is 2.25. The largest absolute Gasteiger partial charge is 0.0853 e. The van der Waals surface area contributed by atoms with Gasteiger partial charge in [0.2, 0.25) is 0 Å². The normalized spacial score (nSPS) is 36.9. The quantitative estimate of drug-likeness (QED) is 0.481. The molecule has 0 unspecified atom stereocenters. The van der Waals surface area contributed by atoms with Crippen LogP contribution in [0.1, 0.15) is 65.2 Å². The van der Waals surface area contributed by atoms with E-state index in [9.17, 15) is 0 Å². The summed E-state index contributed by atoms with van der Waals surface area (Å²) in [5.41, 5.74) is 4.00. The van der Waals surface area contributed by atoms with E-state index >= 15 is 0 Å². The van der Waals surface area contributed by atoms with Crippen LogP contribution >= 0.6 is 0 Å². The number of rotatable bonds is 0. The molecule has 84 valence electrons. The van der Waals surface area contributed by atoms with Gasteiger partial charge >= 0.3 is 0 Å². The Morgan fingerprint density at radius 1 is 1.13 bits per heavy atom. The van der Waals surface area contributed by atoms with Crippen LogP contribution in [0, 0.1) is 0 Å². The van der Waals surface area contributed by atoms with Gasteiger partial charge in [-0.05, 0) is 59.7 Å². The molecular weight excluding hydrogens is 180 g/mol. The zero-order valence-electron chi connectivity index (χ0n) is 14.3. The highest BCUT2D eigenvalue weighted by atomic mass is 14.1. The molecule has 0 saturated carbocycles. The van der Waals surface area contributed by atoms with Crippen molar-refractivity contribution in [2.45, 2.75) is 59.7 Å². The minimum atomic E-state index is -1.96. The lowest BCUT2D eigenvalue weighted by Crippen LogP contribution is -1.91. The highest BCUT2D eigenvalue weighted by Crippen LogP contribution is 2.22. The van der Waals surface area contributed by atoms with Gasteiger partial charge in [-0.2, -0.15) is 0 Å². The summed E-state index contributed by atoms with van der Waals surface area (Å²) in [6.45, 7) is 7.73. The molecule has 0 nitrogen and oxygen atoms in total. The maximum Gasteiger partial charge on any atom is 0.0316 e. The first-order valence-electron chi connectivity index (χ1n) is 7.58. The third kappa shape index (κ3) is 4.51. The summed E-state index contributed by atoms with van der Waals surface area (Å²) < 4.78 is 32.1. The molecule has 0 aromatic heterocycles. The van der Waals surface area contributed by atoms with E-state index in [1.165, 1.54) is 17.2 Å². The van der Waals surface area contributed by atoms with Crippen molar-refractivity contribution in [1.29, 1.82) is 0 Å². The van der Waals surface area contributed by atoms with Crippen molar-refractivity contribution in [1.82, 2.24) is 0 Å². The lowest BCUT2D eigenvalue weighted by atomic mass is 9.95. The van der Waals surface area contributed by atoms with E-state index < -0.39 is 12.7 Å². The highest BCUT2D eigenvalue weighted by Gasteiger charge is 2.02. The Kier molecular flexibility index (Phi) is 2.97. The Morgan fingerprint density at radius 3 is 2.53 bits per heavy atom. The second kappa shape index (κ2) is 5.95. The molecule has 0 fully saturated rings. The number of hydrogen-bond donors (Lipinski definition) is 0. The fourth-order valence-electron chi connectivity index (χ4n) is 1.58. The molecule has 0 atom stereocenters. The average molecular weight is 208 g/mol. The minimum absolute atomic E-state index is 0.474. The van der Waals surface area contributed by atoms with E-state index in [0.717, 1.165) is 24.8 Å². The van der Waals surface area contributed by atoms with Gasteiger partial charge in [-0.25, -0.2) is 0 Å². The Bertz CT molecular complexity index is 435. The van der Waals surface area contributed by atoms with Crippen molar-refractivity contribution in [3.63, 3.8) is 0 Å². The second-order valence-electron chi connectivity index (χ2n) is 4.45. The van der Waals surface area contributed by atoms with Crippen LogP contribution < -0.4 is 0 Å². The maximum absolute atomic E-state index is 8.07. The number of hydrogen-bond acceptors (Lipinski definition) is 0. The van der Waals surface area contributed by atoms with E-state index in [1.54, 1.807) is 6.92 Å². The topological polar surface area (TPSA) is 0 Å². The molecule has 0 saturated heterocycles. The van der Waals surface area contributed by atoms with Crippen LogP contribution in [0.15, 0.2) is 34.4 Å². The third-order valence-corrected chi connectivity index (χ3v) is 2.77. The molecule has 0 radical (unpaired) electrons.